The number of hydrogen-bond acceptors (Lipinski definition) is 8. The van der Waals surface area contributed by atoms with Gasteiger partial charge in [-0.15, -0.1) is 12.4 Å². The molecular formula is C24H26ClN7O2S. The number of nitriles is 1. The molecule has 2 aliphatic rings. The van der Waals surface area contributed by atoms with Crippen LogP contribution in [0.2, 0.25) is 0 Å². The van der Waals surface area contributed by atoms with Crippen LogP contribution in [-0.2, 0) is 10.0 Å². The number of pyridine rings is 3. The number of hydrogen-bond donors (Lipinski definition) is 1. The SMILES string of the molecule is CS(=O)(=O)N1CCN(c2ccc(-c3cc(C4CC4)cc(Nc4cc(C#N)ccn4)n3)cn2)CC1.Cl. The minimum atomic E-state index is -3.16. The molecule has 0 aromatic carbocycles. The van der Waals surface area contributed by atoms with E-state index < -0.39 is 10.0 Å². The lowest BCUT2D eigenvalue weighted by molar-refractivity contribution is 0.387. The van der Waals surface area contributed by atoms with Crippen LogP contribution in [0, 0.1) is 11.3 Å². The first-order chi connectivity index (χ1) is 16.4. The van der Waals surface area contributed by atoms with Crippen molar-refractivity contribution in [1.82, 2.24) is 19.3 Å². The predicted molar refractivity (Wildman–Crippen MR) is 138 cm³/mol. The van der Waals surface area contributed by atoms with E-state index in [0.717, 1.165) is 17.1 Å². The third-order valence-electron chi connectivity index (χ3n) is 6.12. The van der Waals surface area contributed by atoms with E-state index in [1.54, 1.807) is 18.3 Å². The van der Waals surface area contributed by atoms with Crippen molar-refractivity contribution in [3.05, 3.63) is 59.9 Å². The first-order valence-electron chi connectivity index (χ1n) is 11.2. The highest BCUT2D eigenvalue weighted by molar-refractivity contribution is 7.88. The smallest absolute Gasteiger partial charge is 0.211 e. The van der Waals surface area contributed by atoms with E-state index in [-0.39, 0.29) is 12.4 Å². The van der Waals surface area contributed by atoms with Gasteiger partial charge >= 0.3 is 0 Å². The molecule has 2 fully saturated rings. The highest BCUT2D eigenvalue weighted by Gasteiger charge is 2.26. The Bertz CT molecular complexity index is 1350. The van der Waals surface area contributed by atoms with Gasteiger partial charge in [0.15, 0.2) is 0 Å². The number of anilines is 3. The van der Waals surface area contributed by atoms with Crippen molar-refractivity contribution in [2.45, 2.75) is 18.8 Å². The molecule has 0 radical (unpaired) electrons. The van der Waals surface area contributed by atoms with E-state index in [2.05, 4.69) is 32.3 Å². The molecule has 0 amide bonds. The lowest BCUT2D eigenvalue weighted by Crippen LogP contribution is -2.48. The fourth-order valence-electron chi connectivity index (χ4n) is 4.09. The molecule has 3 aromatic heterocycles. The number of halogens is 1. The average Bonchev–Trinajstić information content (AvgIpc) is 3.69. The van der Waals surface area contributed by atoms with Crippen LogP contribution in [0.25, 0.3) is 11.3 Å². The van der Waals surface area contributed by atoms with Gasteiger partial charge in [-0.3, -0.25) is 0 Å². The number of piperazine rings is 1. The molecular weight excluding hydrogens is 486 g/mol. The Morgan fingerprint density at radius 3 is 2.43 bits per heavy atom. The molecule has 0 spiro atoms. The van der Waals surface area contributed by atoms with Crippen molar-refractivity contribution in [1.29, 1.82) is 5.26 Å². The predicted octanol–water partition coefficient (Wildman–Crippen LogP) is 3.53. The summed E-state index contributed by atoms with van der Waals surface area (Å²) in [5.41, 5.74) is 3.49. The van der Waals surface area contributed by atoms with E-state index in [1.165, 1.54) is 29.0 Å². The third kappa shape index (κ3) is 5.88. The van der Waals surface area contributed by atoms with Crippen LogP contribution in [0.3, 0.4) is 0 Å². The van der Waals surface area contributed by atoms with E-state index >= 15 is 0 Å². The summed E-state index contributed by atoms with van der Waals surface area (Å²) >= 11 is 0. The molecule has 35 heavy (non-hydrogen) atoms. The van der Waals surface area contributed by atoms with Crippen molar-refractivity contribution in [2.24, 2.45) is 0 Å². The summed E-state index contributed by atoms with van der Waals surface area (Å²) in [6, 6.07) is 13.6. The van der Waals surface area contributed by atoms with Crippen LogP contribution in [0.1, 0.15) is 29.9 Å². The molecule has 1 N–H and O–H groups in total. The Morgan fingerprint density at radius 1 is 1.03 bits per heavy atom. The molecule has 0 unspecified atom stereocenters. The number of aromatic nitrogens is 3. The van der Waals surface area contributed by atoms with E-state index in [0.29, 0.717) is 49.3 Å². The summed E-state index contributed by atoms with van der Waals surface area (Å²) in [5.74, 6) is 2.63. The van der Waals surface area contributed by atoms with Gasteiger partial charge in [0, 0.05) is 44.1 Å². The van der Waals surface area contributed by atoms with Crippen molar-refractivity contribution in [3.63, 3.8) is 0 Å². The monoisotopic (exact) mass is 511 g/mol. The fraction of sp³-hybridized carbons (Fsp3) is 0.333. The van der Waals surface area contributed by atoms with Crippen molar-refractivity contribution < 1.29 is 8.42 Å². The molecule has 182 valence electrons. The standard InChI is InChI=1S/C24H25N7O2S.ClH/c1-34(32,33)31-10-8-30(9-11-31)24-5-4-19(16-27-24)21-13-20(18-2-3-18)14-23(28-21)29-22-12-17(15-25)6-7-26-22;/h4-7,12-14,16,18H,2-3,8-11H2,1H3,(H,26,28,29);1H. The van der Waals surface area contributed by atoms with Crippen LogP contribution >= 0.6 is 12.4 Å². The quantitative estimate of drug-likeness (QED) is 0.534. The molecule has 0 bridgehead atoms. The summed E-state index contributed by atoms with van der Waals surface area (Å²) < 4.78 is 25.0. The normalized spacial score (nSPS) is 16.3. The van der Waals surface area contributed by atoms with Gasteiger partial charge in [-0.2, -0.15) is 9.57 Å². The summed E-state index contributed by atoms with van der Waals surface area (Å²) in [7, 11) is -3.16. The minimum absolute atomic E-state index is 0. The highest BCUT2D eigenvalue weighted by atomic mass is 35.5. The Labute approximate surface area is 211 Å². The molecule has 11 heteroatoms. The molecule has 4 heterocycles. The van der Waals surface area contributed by atoms with Crippen molar-refractivity contribution >= 4 is 39.9 Å². The minimum Gasteiger partial charge on any atom is -0.354 e. The molecule has 9 nitrogen and oxygen atoms in total. The molecule has 1 saturated carbocycles. The van der Waals surface area contributed by atoms with E-state index in [4.69, 9.17) is 10.2 Å². The maximum Gasteiger partial charge on any atom is 0.211 e. The third-order valence-corrected chi connectivity index (χ3v) is 7.42. The first kappa shape index (κ1) is 24.9. The molecule has 5 rings (SSSR count). The summed E-state index contributed by atoms with van der Waals surface area (Å²) in [6.07, 6.45) is 7.00. The van der Waals surface area contributed by atoms with Gasteiger partial charge in [0.25, 0.3) is 0 Å². The Kier molecular flexibility index (Phi) is 7.21. The zero-order valence-corrected chi connectivity index (χ0v) is 20.9. The lowest BCUT2D eigenvalue weighted by Gasteiger charge is -2.34. The number of nitrogens with one attached hydrogen (secondary N) is 1. The molecule has 1 saturated heterocycles. The molecule has 3 aromatic rings. The van der Waals surface area contributed by atoms with Gasteiger partial charge in [-0.25, -0.2) is 23.4 Å². The van der Waals surface area contributed by atoms with Crippen LogP contribution in [-0.4, -0.2) is 60.1 Å². The second-order valence-corrected chi connectivity index (χ2v) is 10.6. The summed E-state index contributed by atoms with van der Waals surface area (Å²) in [4.78, 5) is 15.8. The Hall–Kier alpha value is -3.26. The van der Waals surface area contributed by atoms with Crippen LogP contribution in [0.4, 0.5) is 17.5 Å². The van der Waals surface area contributed by atoms with Crippen LogP contribution < -0.4 is 10.2 Å². The number of sulfonamides is 1. The molecule has 1 aliphatic carbocycles. The van der Waals surface area contributed by atoms with Gasteiger partial charge in [0.2, 0.25) is 10.0 Å². The molecule has 0 atom stereocenters. The molecule has 1 aliphatic heterocycles. The van der Waals surface area contributed by atoms with Crippen molar-refractivity contribution in [3.8, 4) is 17.3 Å². The Balaban J connectivity index is 0.00000289. The maximum absolute atomic E-state index is 11.7. The Morgan fingerprint density at radius 2 is 1.80 bits per heavy atom. The largest absolute Gasteiger partial charge is 0.354 e. The summed E-state index contributed by atoms with van der Waals surface area (Å²) in [5, 5.41) is 12.4. The fourth-order valence-corrected chi connectivity index (χ4v) is 4.92. The number of nitrogens with zero attached hydrogens (tertiary/aromatic N) is 6. The lowest BCUT2D eigenvalue weighted by atomic mass is 10.1. The second-order valence-electron chi connectivity index (χ2n) is 8.67. The zero-order chi connectivity index (χ0) is 23.7. The van der Waals surface area contributed by atoms with Gasteiger partial charge in [-0.1, -0.05) is 0 Å². The van der Waals surface area contributed by atoms with Crippen LogP contribution in [0.5, 0.6) is 0 Å². The van der Waals surface area contributed by atoms with Crippen LogP contribution in [0.15, 0.2) is 48.8 Å². The average molecular weight is 512 g/mol. The van der Waals surface area contributed by atoms with Crippen molar-refractivity contribution in [2.75, 3.05) is 42.7 Å². The topological polar surface area (TPSA) is 115 Å². The number of rotatable bonds is 6. The van der Waals surface area contributed by atoms with Gasteiger partial charge in [0.1, 0.15) is 17.5 Å². The second kappa shape index (κ2) is 10.2. The zero-order valence-electron chi connectivity index (χ0n) is 19.3. The summed E-state index contributed by atoms with van der Waals surface area (Å²) in [6.45, 7) is 2.14. The van der Waals surface area contributed by atoms with E-state index in [1.807, 2.05) is 24.4 Å². The maximum atomic E-state index is 11.7. The highest BCUT2D eigenvalue weighted by Crippen LogP contribution is 2.42. The van der Waals surface area contributed by atoms with Gasteiger partial charge in [-0.05, 0) is 60.7 Å². The van der Waals surface area contributed by atoms with Gasteiger partial charge < -0.3 is 10.2 Å². The van der Waals surface area contributed by atoms with Gasteiger partial charge in [0.05, 0.1) is 23.6 Å². The van der Waals surface area contributed by atoms with E-state index in [9.17, 15) is 8.42 Å². The first-order valence-corrected chi connectivity index (χ1v) is 13.1.